The van der Waals surface area contributed by atoms with Gasteiger partial charge in [0.1, 0.15) is 5.84 Å². The Bertz CT molecular complexity index is 408. The minimum Gasteiger partial charge on any atom is -0.308 e. The molecule has 0 unspecified atom stereocenters. The number of amidine groups is 1. The van der Waals surface area contributed by atoms with Gasteiger partial charge < -0.3 is 5.43 Å². The first-order valence-electron chi connectivity index (χ1n) is 4.85. The van der Waals surface area contributed by atoms with Crippen LogP contribution in [0.1, 0.15) is 26.3 Å². The predicted molar refractivity (Wildman–Crippen MR) is 60.0 cm³/mol. The van der Waals surface area contributed by atoms with E-state index >= 15 is 0 Å². The molecule has 0 aliphatic heterocycles. The molecule has 0 atom stereocenters. The summed E-state index contributed by atoms with van der Waals surface area (Å²) in [7, 11) is 0. The van der Waals surface area contributed by atoms with E-state index in [-0.39, 0.29) is 5.54 Å². The molecule has 0 aliphatic rings. The number of benzene rings is 1. The van der Waals surface area contributed by atoms with Crippen LogP contribution in [0.25, 0.3) is 0 Å². The number of nitrogens with zero attached hydrogens (tertiary/aromatic N) is 1. The van der Waals surface area contributed by atoms with Crippen molar-refractivity contribution in [3.8, 4) is 0 Å². The summed E-state index contributed by atoms with van der Waals surface area (Å²) < 4.78 is 25.7. The van der Waals surface area contributed by atoms with Crippen molar-refractivity contribution >= 4 is 5.84 Å². The Kier molecular flexibility index (Phi) is 3.59. The molecule has 1 aromatic rings. The van der Waals surface area contributed by atoms with Crippen LogP contribution in [-0.2, 0) is 0 Å². The van der Waals surface area contributed by atoms with Crippen molar-refractivity contribution in [3.05, 3.63) is 35.4 Å². The quantitative estimate of drug-likeness (QED) is 0.333. The second-order valence-electron chi connectivity index (χ2n) is 4.40. The molecule has 16 heavy (non-hydrogen) atoms. The Morgan fingerprint density at radius 2 is 1.88 bits per heavy atom. The Hall–Kier alpha value is -1.49. The van der Waals surface area contributed by atoms with Gasteiger partial charge in [0.25, 0.3) is 0 Å². The standard InChI is InChI=1S/C11H15F2N3/c1-11(2,3)15-10(16-14)7-4-5-8(12)9(13)6-7/h4-6H,14H2,1-3H3,(H,15,16). The van der Waals surface area contributed by atoms with Gasteiger partial charge in [-0.15, -0.1) is 0 Å². The highest BCUT2D eigenvalue weighted by Crippen LogP contribution is 2.12. The third-order valence-corrected chi connectivity index (χ3v) is 1.78. The van der Waals surface area contributed by atoms with Gasteiger partial charge in [-0.25, -0.2) is 14.6 Å². The van der Waals surface area contributed by atoms with E-state index in [4.69, 9.17) is 5.84 Å². The summed E-state index contributed by atoms with van der Waals surface area (Å²) in [6.45, 7) is 5.64. The number of halogens is 2. The third kappa shape index (κ3) is 3.27. The molecule has 0 heterocycles. The summed E-state index contributed by atoms with van der Waals surface area (Å²) in [5.41, 5.74) is 2.44. The normalized spacial score (nSPS) is 12.8. The summed E-state index contributed by atoms with van der Waals surface area (Å²) in [6.07, 6.45) is 0. The number of hydrogen-bond donors (Lipinski definition) is 2. The van der Waals surface area contributed by atoms with E-state index in [1.54, 1.807) is 0 Å². The highest BCUT2D eigenvalue weighted by molar-refractivity contribution is 5.98. The summed E-state index contributed by atoms with van der Waals surface area (Å²) in [5.74, 6) is 3.81. The lowest BCUT2D eigenvalue weighted by atomic mass is 10.1. The minimum atomic E-state index is -0.922. The molecule has 5 heteroatoms. The van der Waals surface area contributed by atoms with E-state index in [1.807, 2.05) is 20.8 Å². The van der Waals surface area contributed by atoms with E-state index < -0.39 is 11.6 Å². The molecule has 0 bridgehead atoms. The van der Waals surface area contributed by atoms with E-state index in [0.29, 0.717) is 11.4 Å². The molecule has 0 saturated heterocycles. The van der Waals surface area contributed by atoms with Crippen molar-refractivity contribution in [2.75, 3.05) is 0 Å². The number of rotatable bonds is 1. The average molecular weight is 227 g/mol. The Morgan fingerprint density at radius 3 is 2.31 bits per heavy atom. The van der Waals surface area contributed by atoms with Crippen LogP contribution in [0.4, 0.5) is 8.78 Å². The summed E-state index contributed by atoms with van der Waals surface area (Å²) in [6, 6.07) is 3.52. The van der Waals surface area contributed by atoms with Crippen molar-refractivity contribution in [1.29, 1.82) is 0 Å². The van der Waals surface area contributed by atoms with Crippen molar-refractivity contribution in [2.24, 2.45) is 10.8 Å². The second-order valence-corrected chi connectivity index (χ2v) is 4.40. The van der Waals surface area contributed by atoms with Crippen LogP contribution < -0.4 is 11.3 Å². The molecule has 1 aromatic carbocycles. The highest BCUT2D eigenvalue weighted by Gasteiger charge is 2.12. The van der Waals surface area contributed by atoms with E-state index in [1.165, 1.54) is 6.07 Å². The first-order valence-corrected chi connectivity index (χ1v) is 4.85. The van der Waals surface area contributed by atoms with Crippen LogP contribution in [0.3, 0.4) is 0 Å². The number of aliphatic imine (C=N–C) groups is 1. The zero-order chi connectivity index (χ0) is 12.3. The van der Waals surface area contributed by atoms with Gasteiger partial charge in [-0.2, -0.15) is 0 Å². The summed E-state index contributed by atoms with van der Waals surface area (Å²) in [4.78, 5) is 4.26. The van der Waals surface area contributed by atoms with Gasteiger partial charge >= 0.3 is 0 Å². The first kappa shape index (κ1) is 12.6. The lowest BCUT2D eigenvalue weighted by Gasteiger charge is -2.15. The Labute approximate surface area is 93.3 Å². The maximum Gasteiger partial charge on any atom is 0.159 e. The molecule has 0 aliphatic carbocycles. The zero-order valence-electron chi connectivity index (χ0n) is 9.51. The fourth-order valence-electron chi connectivity index (χ4n) is 1.16. The largest absolute Gasteiger partial charge is 0.308 e. The molecule has 0 aromatic heterocycles. The van der Waals surface area contributed by atoms with Gasteiger partial charge in [0, 0.05) is 5.56 Å². The fraction of sp³-hybridized carbons (Fsp3) is 0.364. The lowest BCUT2D eigenvalue weighted by Crippen LogP contribution is -2.33. The van der Waals surface area contributed by atoms with Gasteiger partial charge in [0.15, 0.2) is 11.6 Å². The molecule has 3 nitrogen and oxygen atoms in total. The molecule has 3 N–H and O–H groups in total. The zero-order valence-corrected chi connectivity index (χ0v) is 9.51. The lowest BCUT2D eigenvalue weighted by molar-refractivity contribution is 0.508. The van der Waals surface area contributed by atoms with Crippen LogP contribution in [0.2, 0.25) is 0 Å². The van der Waals surface area contributed by atoms with Gasteiger partial charge in [-0.3, -0.25) is 4.99 Å². The minimum absolute atomic E-state index is 0.325. The number of hydrogen-bond acceptors (Lipinski definition) is 2. The topological polar surface area (TPSA) is 50.4 Å². The number of nitrogens with one attached hydrogen (secondary N) is 1. The molecule has 0 saturated carbocycles. The Balaban J connectivity index is 3.15. The first-order chi connectivity index (χ1) is 7.33. The van der Waals surface area contributed by atoms with E-state index in [0.717, 1.165) is 12.1 Å². The smallest absolute Gasteiger partial charge is 0.159 e. The van der Waals surface area contributed by atoms with Crippen molar-refractivity contribution in [3.63, 3.8) is 0 Å². The van der Waals surface area contributed by atoms with Crippen molar-refractivity contribution in [1.82, 2.24) is 5.43 Å². The van der Waals surface area contributed by atoms with Crippen LogP contribution in [0, 0.1) is 11.6 Å². The molecular weight excluding hydrogens is 212 g/mol. The second kappa shape index (κ2) is 4.57. The van der Waals surface area contributed by atoms with Crippen molar-refractivity contribution < 1.29 is 8.78 Å². The van der Waals surface area contributed by atoms with Crippen LogP contribution in [-0.4, -0.2) is 11.4 Å². The molecule has 0 fully saturated rings. The third-order valence-electron chi connectivity index (χ3n) is 1.78. The summed E-state index contributed by atoms with van der Waals surface area (Å²) in [5, 5.41) is 0. The highest BCUT2D eigenvalue weighted by atomic mass is 19.2. The molecular formula is C11H15F2N3. The Morgan fingerprint density at radius 1 is 1.25 bits per heavy atom. The van der Waals surface area contributed by atoms with E-state index in [2.05, 4.69) is 10.4 Å². The fourth-order valence-corrected chi connectivity index (χ4v) is 1.16. The van der Waals surface area contributed by atoms with Gasteiger partial charge in [-0.05, 0) is 39.0 Å². The molecule has 0 amide bonds. The molecule has 0 spiro atoms. The molecule has 0 radical (unpaired) electrons. The van der Waals surface area contributed by atoms with Crippen LogP contribution in [0.15, 0.2) is 23.2 Å². The summed E-state index contributed by atoms with van der Waals surface area (Å²) >= 11 is 0. The van der Waals surface area contributed by atoms with Gasteiger partial charge in [0.05, 0.1) is 5.54 Å². The van der Waals surface area contributed by atoms with Crippen LogP contribution >= 0.6 is 0 Å². The maximum atomic E-state index is 13.0. The average Bonchev–Trinajstić information content (AvgIpc) is 2.17. The van der Waals surface area contributed by atoms with Gasteiger partial charge in [-0.1, -0.05) is 0 Å². The SMILES string of the molecule is CC(C)(C)N=C(NN)c1ccc(F)c(F)c1. The van der Waals surface area contributed by atoms with Gasteiger partial charge in [0.2, 0.25) is 0 Å². The predicted octanol–water partition coefficient (Wildman–Crippen LogP) is 1.97. The van der Waals surface area contributed by atoms with E-state index in [9.17, 15) is 8.78 Å². The number of hydrazine groups is 1. The van der Waals surface area contributed by atoms with Crippen molar-refractivity contribution in [2.45, 2.75) is 26.3 Å². The number of nitrogens with two attached hydrogens (primary N) is 1. The maximum absolute atomic E-state index is 13.0. The molecule has 88 valence electrons. The monoisotopic (exact) mass is 227 g/mol. The molecule has 1 rings (SSSR count). The van der Waals surface area contributed by atoms with Crippen LogP contribution in [0.5, 0.6) is 0 Å².